The van der Waals surface area contributed by atoms with Gasteiger partial charge in [-0.05, 0) is 39.5 Å². The van der Waals surface area contributed by atoms with Crippen molar-refractivity contribution >= 4 is 20.2 Å². The number of unbranched alkanes of at least 4 members (excludes halogenated alkanes) is 27. The third-order valence-corrected chi connectivity index (χ3v) is 14.4. The van der Waals surface area contributed by atoms with E-state index in [1.165, 1.54) is 141 Å². The quantitative estimate of drug-likeness (QED) is 0.0348. The lowest BCUT2D eigenvalue weighted by molar-refractivity contribution is -0.935. The SMILES string of the molecule is CCCCCCCCCCCCCCCC[N+](CC)(CCCC[N+](CC)(CCCCCCCCCCCCCCCC)CC(O)CS(=O)(=O)[O-])CC(O)CS(=O)(=O)[O-]. The smallest absolute Gasteiger partial charge is 0.116 e. The van der Waals surface area contributed by atoms with Crippen LogP contribution in [0, 0.1) is 0 Å². The molecule has 0 spiro atoms. The maximum Gasteiger partial charge on any atom is 0.116 e. The van der Waals surface area contributed by atoms with Crippen LogP contribution in [0.2, 0.25) is 0 Å². The number of likely N-dealkylation sites (N-methyl/N-ethyl adjacent to an activating group) is 2. The predicted octanol–water partition coefficient (Wildman–Crippen LogP) is 10.2. The van der Waals surface area contributed by atoms with Crippen LogP contribution in [0.1, 0.15) is 220 Å². The van der Waals surface area contributed by atoms with Crippen molar-refractivity contribution in [1.82, 2.24) is 0 Å². The van der Waals surface area contributed by atoms with Crippen molar-refractivity contribution in [3.63, 3.8) is 0 Å². The number of aliphatic hydroxyl groups is 2. The number of hydrogen-bond donors (Lipinski definition) is 2. The van der Waals surface area contributed by atoms with Gasteiger partial charge in [-0.2, -0.15) is 0 Å². The molecule has 4 atom stereocenters. The molecule has 0 fully saturated rings. The van der Waals surface area contributed by atoms with Gasteiger partial charge in [-0.1, -0.05) is 168 Å². The molecule has 0 saturated heterocycles. The van der Waals surface area contributed by atoms with E-state index in [-0.39, 0.29) is 13.1 Å². The monoisotopic (exact) mass is 869 g/mol. The molecule has 12 heteroatoms. The van der Waals surface area contributed by atoms with Crippen LogP contribution in [0.3, 0.4) is 0 Å². The van der Waals surface area contributed by atoms with E-state index in [0.29, 0.717) is 8.97 Å². The first-order valence-corrected chi connectivity index (χ1v) is 27.7. The summed E-state index contributed by atoms with van der Waals surface area (Å²) in [6, 6.07) is 0. The number of nitrogens with zero attached hydrogens (tertiary/aromatic N) is 2. The zero-order valence-electron chi connectivity index (χ0n) is 38.5. The maximum absolute atomic E-state index is 11.5. The minimum absolute atomic E-state index is 0.226. The molecule has 0 aliphatic rings. The van der Waals surface area contributed by atoms with Crippen molar-refractivity contribution in [2.45, 2.75) is 233 Å². The highest BCUT2D eigenvalue weighted by Gasteiger charge is 2.32. The highest BCUT2D eigenvalue weighted by Crippen LogP contribution is 2.21. The molecule has 0 heterocycles. The Morgan fingerprint density at radius 1 is 0.362 bits per heavy atom. The molecule has 0 aromatic rings. The topological polar surface area (TPSA) is 155 Å². The normalized spacial score (nSPS) is 15.7. The van der Waals surface area contributed by atoms with Crippen molar-refractivity contribution in [3.05, 3.63) is 0 Å². The average Bonchev–Trinajstić information content (AvgIpc) is 3.14. The van der Waals surface area contributed by atoms with E-state index in [2.05, 4.69) is 27.7 Å². The first-order valence-electron chi connectivity index (χ1n) is 24.6. The van der Waals surface area contributed by atoms with E-state index in [0.717, 1.165) is 90.6 Å². The summed E-state index contributed by atoms with van der Waals surface area (Å²) in [6.07, 6.45) is 34.7. The molecule has 0 aromatic carbocycles. The molecular formula is C46H96N2O8S2. The van der Waals surface area contributed by atoms with Gasteiger partial charge in [0.25, 0.3) is 0 Å². The molecule has 350 valence electrons. The van der Waals surface area contributed by atoms with E-state index >= 15 is 0 Å². The summed E-state index contributed by atoms with van der Waals surface area (Å²) in [5.74, 6) is -1.55. The largest absolute Gasteiger partial charge is 0.748 e. The summed E-state index contributed by atoms with van der Waals surface area (Å²) in [5, 5.41) is 21.5. The highest BCUT2D eigenvalue weighted by atomic mass is 32.2. The molecule has 2 N–H and O–H groups in total. The Labute approximate surface area is 360 Å². The van der Waals surface area contributed by atoms with Crippen molar-refractivity contribution in [2.75, 3.05) is 63.9 Å². The fourth-order valence-electron chi connectivity index (χ4n) is 9.13. The van der Waals surface area contributed by atoms with Gasteiger partial charge in [0.15, 0.2) is 0 Å². The summed E-state index contributed by atoms with van der Waals surface area (Å²) in [4.78, 5) is 0. The standard InChI is InChI=1S/C46H96N2O8S2/c1-5-9-11-13-15-17-19-21-23-25-27-29-31-33-37-47(7-3,41-45(49)43-57(51,52)53)39-35-36-40-48(8-4,42-46(50)44-58(54,55)56)38-34-32-30-28-26-24-22-20-18-16-14-12-10-6-2/h45-46,49-50H,5-44H2,1-4H3. The van der Waals surface area contributed by atoms with Crippen molar-refractivity contribution < 1.29 is 45.1 Å². The number of rotatable bonds is 45. The molecule has 0 saturated carbocycles. The summed E-state index contributed by atoms with van der Waals surface area (Å²) in [7, 11) is -9.11. The summed E-state index contributed by atoms with van der Waals surface area (Å²) < 4.78 is 70.3. The Morgan fingerprint density at radius 2 is 0.552 bits per heavy atom. The van der Waals surface area contributed by atoms with Gasteiger partial charge in [-0.15, -0.1) is 0 Å². The van der Waals surface area contributed by atoms with Crippen LogP contribution in [-0.2, 0) is 20.2 Å². The minimum Gasteiger partial charge on any atom is -0.748 e. The zero-order chi connectivity index (χ0) is 43.4. The molecule has 58 heavy (non-hydrogen) atoms. The number of hydrogen-bond acceptors (Lipinski definition) is 8. The molecule has 10 nitrogen and oxygen atoms in total. The Morgan fingerprint density at radius 3 is 0.741 bits per heavy atom. The average molecular weight is 869 g/mol. The highest BCUT2D eigenvalue weighted by molar-refractivity contribution is 7.85. The van der Waals surface area contributed by atoms with E-state index in [4.69, 9.17) is 0 Å². The molecule has 0 aromatic heterocycles. The van der Waals surface area contributed by atoms with Gasteiger partial charge in [-0.25, -0.2) is 16.8 Å². The fraction of sp³-hybridized carbons (Fsp3) is 1.00. The molecule has 0 rings (SSSR count). The van der Waals surface area contributed by atoms with Crippen molar-refractivity contribution in [1.29, 1.82) is 0 Å². The van der Waals surface area contributed by atoms with E-state index in [1.54, 1.807) is 0 Å². The fourth-order valence-corrected chi connectivity index (χ4v) is 10.3. The zero-order valence-corrected chi connectivity index (χ0v) is 40.1. The van der Waals surface area contributed by atoms with Gasteiger partial charge >= 0.3 is 0 Å². The Balaban J connectivity index is 5.09. The second-order valence-electron chi connectivity index (χ2n) is 18.2. The van der Waals surface area contributed by atoms with Crippen molar-refractivity contribution in [3.8, 4) is 0 Å². The number of quaternary nitrogens is 2. The third kappa shape index (κ3) is 35.3. The Kier molecular flexibility index (Phi) is 36.0. The van der Waals surface area contributed by atoms with Gasteiger partial charge in [0.05, 0.1) is 71.0 Å². The van der Waals surface area contributed by atoms with Gasteiger partial charge in [0.2, 0.25) is 0 Å². The Hall–Kier alpha value is -0.340. The minimum atomic E-state index is -4.55. The first-order chi connectivity index (χ1) is 27.7. The van der Waals surface area contributed by atoms with Crippen LogP contribution in [-0.4, -0.2) is 121 Å². The van der Waals surface area contributed by atoms with Gasteiger partial charge in [-0.3, -0.25) is 0 Å². The summed E-state index contributed by atoms with van der Waals surface area (Å²) >= 11 is 0. The van der Waals surface area contributed by atoms with Crippen LogP contribution in [0.25, 0.3) is 0 Å². The van der Waals surface area contributed by atoms with Crippen LogP contribution in [0.5, 0.6) is 0 Å². The van der Waals surface area contributed by atoms with Crippen molar-refractivity contribution in [2.24, 2.45) is 0 Å². The van der Waals surface area contributed by atoms with Crippen LogP contribution in [0.15, 0.2) is 0 Å². The van der Waals surface area contributed by atoms with Crippen LogP contribution >= 0.6 is 0 Å². The van der Waals surface area contributed by atoms with Gasteiger partial charge in [0.1, 0.15) is 25.3 Å². The van der Waals surface area contributed by atoms with Gasteiger partial charge < -0.3 is 28.3 Å². The Bertz CT molecular complexity index is 1050. The second kappa shape index (κ2) is 36.2. The summed E-state index contributed by atoms with van der Waals surface area (Å²) in [6.45, 7) is 13.7. The van der Waals surface area contributed by atoms with Crippen LogP contribution in [0.4, 0.5) is 0 Å². The maximum atomic E-state index is 11.5. The predicted molar refractivity (Wildman–Crippen MR) is 242 cm³/mol. The van der Waals surface area contributed by atoms with Gasteiger partial charge in [0, 0.05) is 12.8 Å². The van der Waals surface area contributed by atoms with E-state index in [9.17, 15) is 36.2 Å². The summed E-state index contributed by atoms with van der Waals surface area (Å²) in [5.41, 5.74) is 0. The molecule has 0 aliphatic heterocycles. The molecular weight excluding hydrogens is 773 g/mol. The van der Waals surface area contributed by atoms with E-state index in [1.807, 2.05) is 0 Å². The van der Waals surface area contributed by atoms with E-state index < -0.39 is 43.9 Å². The lowest BCUT2D eigenvalue weighted by Gasteiger charge is -2.41. The molecule has 0 bridgehead atoms. The third-order valence-electron chi connectivity index (χ3n) is 12.8. The first kappa shape index (κ1) is 57.7. The van der Waals surface area contributed by atoms with Crippen LogP contribution < -0.4 is 0 Å². The lowest BCUT2D eigenvalue weighted by Crippen LogP contribution is -2.56. The number of aliphatic hydroxyl groups excluding tert-OH is 2. The second-order valence-corrected chi connectivity index (χ2v) is 21.1. The lowest BCUT2D eigenvalue weighted by atomic mass is 10.0. The molecule has 0 amide bonds. The molecule has 4 unspecified atom stereocenters. The molecule has 0 aliphatic carbocycles. The molecule has 0 radical (unpaired) electrons.